The molecule has 7 heteroatoms. The summed E-state index contributed by atoms with van der Waals surface area (Å²) in [5.74, 6) is -2.73. The summed E-state index contributed by atoms with van der Waals surface area (Å²) in [6, 6.07) is 6.34. The van der Waals surface area contributed by atoms with Gasteiger partial charge in [-0.25, -0.2) is 13.2 Å². The Morgan fingerprint density at radius 1 is 1.15 bits per heavy atom. The van der Waals surface area contributed by atoms with E-state index in [0.717, 1.165) is 23.9 Å². The van der Waals surface area contributed by atoms with E-state index in [4.69, 9.17) is 4.74 Å². The molecule has 0 aliphatic heterocycles. The van der Waals surface area contributed by atoms with Crippen LogP contribution >= 0.6 is 0 Å². The molecule has 0 unspecified atom stereocenters. The normalized spacial score (nSPS) is 12.7. The molecular formula is C27H25F3N2O2. The van der Waals surface area contributed by atoms with Crippen LogP contribution in [0.1, 0.15) is 25.8 Å². The number of ether oxygens (including phenoxy) is 1. The number of nitrogens with one attached hydrogen (secondary N) is 2. The number of hydrogen-bond acceptors (Lipinski definition) is 2. The average Bonchev–Trinajstić information content (AvgIpc) is 3.20. The lowest BCUT2D eigenvalue weighted by Gasteiger charge is -2.10. The zero-order chi connectivity index (χ0) is 24.8. The van der Waals surface area contributed by atoms with E-state index in [-0.39, 0.29) is 17.0 Å². The standard InChI is InChI=1S/C27H25F3N2O2/c1-5-8-24-19(21(15-31-24)20-13-18(28)14-23(30)27(20)34-4)11-16(6-2)17-9-10-22(29)25(12-17)32-26(33)7-3/h6-15,31H,3,5H2,1-2,4H3,(H,32,33)/b16-6+,19-11-,24-8-. The number of halogens is 3. The molecule has 1 aromatic heterocycles. The van der Waals surface area contributed by atoms with Crippen LogP contribution in [0.4, 0.5) is 18.9 Å². The monoisotopic (exact) mass is 466 g/mol. The van der Waals surface area contributed by atoms with Crippen LogP contribution in [-0.4, -0.2) is 18.0 Å². The number of anilines is 1. The Hall–Kier alpha value is -4.00. The Morgan fingerprint density at radius 3 is 2.56 bits per heavy atom. The summed E-state index contributed by atoms with van der Waals surface area (Å²) in [4.78, 5) is 14.8. The van der Waals surface area contributed by atoms with Gasteiger partial charge in [-0.3, -0.25) is 4.79 Å². The van der Waals surface area contributed by atoms with Gasteiger partial charge in [0.25, 0.3) is 0 Å². The minimum atomic E-state index is -0.807. The molecule has 0 aliphatic rings. The number of rotatable bonds is 7. The maximum atomic E-state index is 14.4. The molecule has 0 atom stereocenters. The van der Waals surface area contributed by atoms with Gasteiger partial charge >= 0.3 is 0 Å². The number of aromatic amines is 1. The largest absolute Gasteiger partial charge is 0.493 e. The summed E-state index contributed by atoms with van der Waals surface area (Å²) >= 11 is 0. The molecule has 34 heavy (non-hydrogen) atoms. The van der Waals surface area contributed by atoms with Crippen molar-refractivity contribution in [3.63, 3.8) is 0 Å². The molecular weight excluding hydrogens is 441 g/mol. The Bertz CT molecular complexity index is 1390. The first-order valence-electron chi connectivity index (χ1n) is 10.6. The Balaban J connectivity index is 2.25. The van der Waals surface area contributed by atoms with E-state index in [0.29, 0.717) is 21.9 Å². The molecule has 0 saturated heterocycles. The number of amides is 1. The van der Waals surface area contributed by atoms with Gasteiger partial charge in [0.2, 0.25) is 5.91 Å². The molecule has 0 saturated carbocycles. The number of carbonyl (C=O) groups is 1. The van der Waals surface area contributed by atoms with Gasteiger partial charge in [-0.05, 0) is 54.8 Å². The lowest BCUT2D eigenvalue weighted by Crippen LogP contribution is -2.24. The first kappa shape index (κ1) is 24.6. The third-order valence-electron chi connectivity index (χ3n) is 5.22. The second kappa shape index (κ2) is 10.7. The molecule has 3 rings (SSSR count). The lowest BCUT2D eigenvalue weighted by atomic mass is 10.00. The molecule has 1 amide bonds. The highest BCUT2D eigenvalue weighted by atomic mass is 19.1. The van der Waals surface area contributed by atoms with Crippen LogP contribution in [-0.2, 0) is 4.79 Å². The zero-order valence-electron chi connectivity index (χ0n) is 19.1. The average molecular weight is 467 g/mol. The Morgan fingerprint density at radius 2 is 1.91 bits per heavy atom. The maximum Gasteiger partial charge on any atom is 0.247 e. The van der Waals surface area contributed by atoms with Gasteiger partial charge in [0.1, 0.15) is 11.6 Å². The molecule has 0 fully saturated rings. The third kappa shape index (κ3) is 5.14. The molecule has 4 nitrogen and oxygen atoms in total. The van der Waals surface area contributed by atoms with Crippen LogP contribution in [0.25, 0.3) is 28.9 Å². The van der Waals surface area contributed by atoms with E-state index in [1.54, 1.807) is 12.3 Å². The number of allylic oxidation sites excluding steroid dienone is 2. The molecule has 0 bridgehead atoms. The second-order valence-electron chi connectivity index (χ2n) is 7.39. The van der Waals surface area contributed by atoms with E-state index >= 15 is 0 Å². The number of methoxy groups -OCH3 is 1. The highest BCUT2D eigenvalue weighted by Crippen LogP contribution is 2.31. The van der Waals surface area contributed by atoms with Gasteiger partial charge in [-0.2, -0.15) is 0 Å². The number of aromatic nitrogens is 1. The lowest BCUT2D eigenvalue weighted by molar-refractivity contribution is -0.111. The fourth-order valence-corrected chi connectivity index (χ4v) is 3.64. The zero-order valence-corrected chi connectivity index (χ0v) is 19.1. The SMILES string of the molecule is C=CC(=O)Nc1cc(C(/C=c2/c(-c3cc(F)cc(F)c3OC)c[nH]/c2=C\CC)=C/C)ccc1F. The van der Waals surface area contributed by atoms with Crippen molar-refractivity contribution in [2.75, 3.05) is 12.4 Å². The summed E-state index contributed by atoms with van der Waals surface area (Å²) in [6.07, 6.45) is 9.04. The van der Waals surface area contributed by atoms with E-state index in [9.17, 15) is 18.0 Å². The number of carbonyl (C=O) groups excluding carboxylic acids is 1. The van der Waals surface area contributed by atoms with Crippen molar-refractivity contribution >= 4 is 29.3 Å². The third-order valence-corrected chi connectivity index (χ3v) is 5.22. The van der Waals surface area contributed by atoms with E-state index < -0.39 is 23.4 Å². The molecule has 2 N–H and O–H groups in total. The molecule has 0 aliphatic carbocycles. The molecule has 0 radical (unpaired) electrons. The molecule has 176 valence electrons. The van der Waals surface area contributed by atoms with Crippen LogP contribution in [0, 0.1) is 17.5 Å². The Kier molecular flexibility index (Phi) is 7.79. The van der Waals surface area contributed by atoms with Gasteiger partial charge < -0.3 is 15.0 Å². The summed E-state index contributed by atoms with van der Waals surface area (Å²) in [7, 11) is 1.32. The van der Waals surface area contributed by atoms with Crippen molar-refractivity contribution in [2.24, 2.45) is 0 Å². The number of benzene rings is 2. The predicted molar refractivity (Wildman–Crippen MR) is 130 cm³/mol. The van der Waals surface area contributed by atoms with Gasteiger partial charge in [0.05, 0.1) is 12.8 Å². The molecule has 3 aromatic rings. The van der Waals surface area contributed by atoms with Crippen molar-refractivity contribution in [3.8, 4) is 16.9 Å². The molecule has 0 spiro atoms. The van der Waals surface area contributed by atoms with Crippen LogP contribution in [0.3, 0.4) is 0 Å². The first-order chi connectivity index (χ1) is 16.3. The van der Waals surface area contributed by atoms with Crippen LogP contribution in [0.5, 0.6) is 5.75 Å². The van der Waals surface area contributed by atoms with E-state index in [1.807, 2.05) is 32.1 Å². The minimum absolute atomic E-state index is 0.0126. The number of hydrogen-bond donors (Lipinski definition) is 2. The van der Waals surface area contributed by atoms with Gasteiger partial charge in [0, 0.05) is 34.0 Å². The maximum absolute atomic E-state index is 14.4. The fraction of sp³-hybridized carbons (Fsp3) is 0.148. The Labute approximate surface area is 195 Å². The van der Waals surface area contributed by atoms with E-state index in [2.05, 4.69) is 16.9 Å². The number of H-pyrrole nitrogens is 1. The summed E-state index contributed by atoms with van der Waals surface area (Å²) in [5.41, 5.74) is 2.15. The van der Waals surface area contributed by atoms with Gasteiger partial charge in [0.15, 0.2) is 11.6 Å². The van der Waals surface area contributed by atoms with Crippen molar-refractivity contribution in [2.45, 2.75) is 20.3 Å². The summed E-state index contributed by atoms with van der Waals surface area (Å²) in [5, 5.41) is 3.88. The van der Waals surface area contributed by atoms with Crippen molar-refractivity contribution in [1.29, 1.82) is 0 Å². The van der Waals surface area contributed by atoms with Crippen molar-refractivity contribution in [1.82, 2.24) is 4.98 Å². The minimum Gasteiger partial charge on any atom is -0.493 e. The quantitative estimate of drug-likeness (QED) is 0.464. The second-order valence-corrected chi connectivity index (χ2v) is 7.39. The first-order valence-corrected chi connectivity index (χ1v) is 10.6. The van der Waals surface area contributed by atoms with Crippen molar-refractivity contribution < 1.29 is 22.7 Å². The van der Waals surface area contributed by atoms with E-state index in [1.165, 1.54) is 25.3 Å². The highest BCUT2D eigenvalue weighted by Gasteiger charge is 2.16. The topological polar surface area (TPSA) is 54.1 Å². The molecule has 2 aromatic carbocycles. The summed E-state index contributed by atoms with van der Waals surface area (Å²) in [6.45, 7) is 7.16. The van der Waals surface area contributed by atoms with Crippen molar-refractivity contribution in [3.05, 3.63) is 88.8 Å². The van der Waals surface area contributed by atoms with Crippen LogP contribution in [0.2, 0.25) is 0 Å². The highest BCUT2D eigenvalue weighted by molar-refractivity contribution is 6.00. The van der Waals surface area contributed by atoms with Crippen LogP contribution in [0.15, 0.2) is 55.3 Å². The van der Waals surface area contributed by atoms with Crippen LogP contribution < -0.4 is 20.6 Å². The smallest absolute Gasteiger partial charge is 0.247 e. The van der Waals surface area contributed by atoms with Gasteiger partial charge in [-0.15, -0.1) is 0 Å². The summed E-state index contributed by atoms with van der Waals surface area (Å²) < 4.78 is 48.0. The van der Waals surface area contributed by atoms with Gasteiger partial charge in [-0.1, -0.05) is 31.7 Å². The molecule has 1 heterocycles. The fourth-order valence-electron chi connectivity index (χ4n) is 3.64. The predicted octanol–water partition coefficient (Wildman–Crippen LogP) is 5.31.